The molecule has 1 unspecified atom stereocenters. The first kappa shape index (κ1) is 14.0. The van der Waals surface area contributed by atoms with Crippen molar-refractivity contribution in [3.05, 3.63) is 34.9 Å². The Hall–Kier alpha value is -1.92. The molecule has 1 aromatic rings. The topological polar surface area (TPSA) is 78.9 Å². The molecule has 6 heteroatoms. The second-order valence-corrected chi connectivity index (χ2v) is 5.32. The first-order valence-corrected chi connectivity index (χ1v) is 7.12. The number of carboxylic acids is 1. The zero-order valence-corrected chi connectivity index (χ0v) is 11.7. The lowest BCUT2D eigenvalue weighted by molar-refractivity contribution is -0.146. The zero-order chi connectivity index (χ0) is 14.8. The van der Waals surface area contributed by atoms with Gasteiger partial charge in [-0.05, 0) is 23.6 Å². The second kappa shape index (κ2) is 5.83. The Morgan fingerprint density at radius 1 is 1.38 bits per heavy atom. The summed E-state index contributed by atoms with van der Waals surface area (Å²) in [4.78, 5) is 25.4. The van der Waals surface area contributed by atoms with Gasteiger partial charge in [0.05, 0.1) is 12.2 Å². The standard InChI is InChI=1S/C15H18N2O4/c18-14(13-8-16-5-7-21-13)17-6-4-11-10(9-17)2-1-3-12(11)15(19)20/h1-3,13,16H,4-9H2,(H,19,20). The molecule has 2 aliphatic heterocycles. The van der Waals surface area contributed by atoms with E-state index in [0.717, 1.165) is 17.7 Å². The number of nitrogens with one attached hydrogen (secondary N) is 1. The molecule has 21 heavy (non-hydrogen) atoms. The number of ether oxygens (including phenoxy) is 1. The van der Waals surface area contributed by atoms with E-state index in [1.807, 2.05) is 6.07 Å². The van der Waals surface area contributed by atoms with Gasteiger partial charge in [0.1, 0.15) is 6.10 Å². The molecule has 112 valence electrons. The highest BCUT2D eigenvalue weighted by Gasteiger charge is 2.30. The van der Waals surface area contributed by atoms with Crippen molar-refractivity contribution in [1.29, 1.82) is 0 Å². The van der Waals surface area contributed by atoms with Crippen molar-refractivity contribution in [3.8, 4) is 0 Å². The Morgan fingerprint density at radius 3 is 2.95 bits per heavy atom. The molecule has 2 aliphatic rings. The minimum Gasteiger partial charge on any atom is -0.478 e. The Labute approximate surface area is 122 Å². The third kappa shape index (κ3) is 2.77. The highest BCUT2D eigenvalue weighted by atomic mass is 16.5. The summed E-state index contributed by atoms with van der Waals surface area (Å²) >= 11 is 0. The van der Waals surface area contributed by atoms with Crippen LogP contribution in [0.15, 0.2) is 18.2 Å². The van der Waals surface area contributed by atoms with Crippen molar-refractivity contribution >= 4 is 11.9 Å². The predicted molar refractivity (Wildman–Crippen MR) is 75.1 cm³/mol. The highest BCUT2D eigenvalue weighted by molar-refractivity contribution is 5.90. The molecule has 0 spiro atoms. The number of nitrogens with zero attached hydrogens (tertiary/aromatic N) is 1. The molecular formula is C15H18N2O4. The Morgan fingerprint density at radius 2 is 2.24 bits per heavy atom. The molecule has 1 fully saturated rings. The fraction of sp³-hybridized carbons (Fsp3) is 0.467. The van der Waals surface area contributed by atoms with Crippen LogP contribution in [0, 0.1) is 0 Å². The van der Waals surface area contributed by atoms with Gasteiger partial charge in [-0.1, -0.05) is 12.1 Å². The van der Waals surface area contributed by atoms with Gasteiger partial charge in [-0.2, -0.15) is 0 Å². The van der Waals surface area contributed by atoms with Crippen LogP contribution in [0.4, 0.5) is 0 Å². The van der Waals surface area contributed by atoms with Crippen LogP contribution in [0.2, 0.25) is 0 Å². The summed E-state index contributed by atoms with van der Waals surface area (Å²) in [6.07, 6.45) is 0.145. The number of carboxylic acid groups (broad SMARTS) is 1. The number of fused-ring (bicyclic) bond motifs is 1. The van der Waals surface area contributed by atoms with Crippen LogP contribution in [0.1, 0.15) is 21.5 Å². The van der Waals surface area contributed by atoms with E-state index in [1.54, 1.807) is 17.0 Å². The molecule has 1 amide bonds. The predicted octanol–water partition coefficient (Wildman–Crippen LogP) is 0.258. The molecule has 1 atom stereocenters. The zero-order valence-electron chi connectivity index (χ0n) is 11.7. The van der Waals surface area contributed by atoms with Crippen molar-refractivity contribution in [1.82, 2.24) is 10.2 Å². The van der Waals surface area contributed by atoms with Crippen molar-refractivity contribution in [2.75, 3.05) is 26.2 Å². The van der Waals surface area contributed by atoms with Gasteiger partial charge in [-0.3, -0.25) is 4.79 Å². The molecule has 1 saturated heterocycles. The SMILES string of the molecule is O=C(O)c1cccc2c1CCN(C(=O)C1CNCCO1)C2. The number of hydrogen-bond acceptors (Lipinski definition) is 4. The maximum atomic E-state index is 12.4. The average molecular weight is 290 g/mol. The summed E-state index contributed by atoms with van der Waals surface area (Å²) in [6, 6.07) is 5.24. The van der Waals surface area contributed by atoms with Crippen molar-refractivity contribution in [2.24, 2.45) is 0 Å². The summed E-state index contributed by atoms with van der Waals surface area (Å²) in [5.74, 6) is -0.931. The van der Waals surface area contributed by atoms with E-state index in [1.165, 1.54) is 0 Å². The van der Waals surface area contributed by atoms with E-state index >= 15 is 0 Å². The van der Waals surface area contributed by atoms with Crippen LogP contribution in [0.5, 0.6) is 0 Å². The Balaban J connectivity index is 1.77. The molecule has 0 radical (unpaired) electrons. The highest BCUT2D eigenvalue weighted by Crippen LogP contribution is 2.23. The molecule has 1 aromatic carbocycles. The second-order valence-electron chi connectivity index (χ2n) is 5.32. The maximum absolute atomic E-state index is 12.4. The number of morpholine rings is 1. The first-order valence-electron chi connectivity index (χ1n) is 7.12. The monoisotopic (exact) mass is 290 g/mol. The van der Waals surface area contributed by atoms with Gasteiger partial charge in [-0.25, -0.2) is 4.79 Å². The van der Waals surface area contributed by atoms with Gasteiger partial charge in [0.15, 0.2) is 0 Å². The van der Waals surface area contributed by atoms with Crippen LogP contribution in [0.25, 0.3) is 0 Å². The number of amides is 1. The lowest BCUT2D eigenvalue weighted by atomic mass is 9.94. The number of rotatable bonds is 2. The van der Waals surface area contributed by atoms with E-state index < -0.39 is 12.1 Å². The summed E-state index contributed by atoms with van der Waals surface area (Å²) in [5.41, 5.74) is 2.10. The fourth-order valence-electron chi connectivity index (χ4n) is 2.93. The van der Waals surface area contributed by atoms with Gasteiger partial charge in [0.25, 0.3) is 5.91 Å². The third-order valence-corrected chi connectivity index (χ3v) is 4.01. The number of aromatic carboxylic acids is 1. The molecular weight excluding hydrogens is 272 g/mol. The molecule has 6 nitrogen and oxygen atoms in total. The van der Waals surface area contributed by atoms with Crippen molar-refractivity contribution in [3.63, 3.8) is 0 Å². The Bertz CT molecular complexity index is 567. The van der Waals surface area contributed by atoms with Crippen LogP contribution < -0.4 is 5.32 Å². The molecule has 0 saturated carbocycles. The minimum absolute atomic E-state index is 0.0198. The molecule has 2 heterocycles. The third-order valence-electron chi connectivity index (χ3n) is 4.01. The van der Waals surface area contributed by atoms with E-state index in [2.05, 4.69) is 5.32 Å². The van der Waals surface area contributed by atoms with Crippen LogP contribution >= 0.6 is 0 Å². The molecule has 3 rings (SSSR count). The molecule has 2 N–H and O–H groups in total. The van der Waals surface area contributed by atoms with E-state index in [9.17, 15) is 14.7 Å². The van der Waals surface area contributed by atoms with Gasteiger partial charge >= 0.3 is 5.97 Å². The lowest BCUT2D eigenvalue weighted by Crippen LogP contribution is -2.50. The average Bonchev–Trinajstić information content (AvgIpc) is 2.53. The van der Waals surface area contributed by atoms with Crippen LogP contribution in [-0.2, 0) is 22.5 Å². The summed E-state index contributed by atoms with van der Waals surface area (Å²) in [6.45, 7) is 2.85. The van der Waals surface area contributed by atoms with Crippen molar-refractivity contribution < 1.29 is 19.4 Å². The van der Waals surface area contributed by atoms with Gasteiger partial charge in [0.2, 0.25) is 0 Å². The van der Waals surface area contributed by atoms with E-state index in [4.69, 9.17) is 4.74 Å². The summed E-state index contributed by atoms with van der Waals surface area (Å²) in [7, 11) is 0. The van der Waals surface area contributed by atoms with E-state index in [0.29, 0.717) is 38.2 Å². The quantitative estimate of drug-likeness (QED) is 0.817. The van der Waals surface area contributed by atoms with Crippen LogP contribution in [0.3, 0.4) is 0 Å². The number of benzene rings is 1. The molecule has 0 bridgehead atoms. The van der Waals surface area contributed by atoms with Crippen molar-refractivity contribution in [2.45, 2.75) is 19.1 Å². The number of hydrogen-bond donors (Lipinski definition) is 2. The van der Waals surface area contributed by atoms with Gasteiger partial charge < -0.3 is 20.1 Å². The lowest BCUT2D eigenvalue weighted by Gasteiger charge is -2.33. The fourth-order valence-corrected chi connectivity index (χ4v) is 2.93. The minimum atomic E-state index is -0.911. The molecule has 0 aliphatic carbocycles. The van der Waals surface area contributed by atoms with E-state index in [-0.39, 0.29) is 5.91 Å². The summed E-state index contributed by atoms with van der Waals surface area (Å²) < 4.78 is 5.50. The normalized spacial score (nSPS) is 21.7. The Kier molecular flexibility index (Phi) is 3.90. The maximum Gasteiger partial charge on any atom is 0.335 e. The number of carbonyl (C=O) groups excluding carboxylic acids is 1. The smallest absolute Gasteiger partial charge is 0.335 e. The van der Waals surface area contributed by atoms with Crippen LogP contribution in [-0.4, -0.2) is 54.2 Å². The first-order chi connectivity index (χ1) is 10.2. The van der Waals surface area contributed by atoms with Gasteiger partial charge in [0, 0.05) is 26.2 Å². The van der Waals surface area contributed by atoms with Gasteiger partial charge in [-0.15, -0.1) is 0 Å². The molecule has 0 aromatic heterocycles. The number of carbonyl (C=O) groups is 2. The summed E-state index contributed by atoms with van der Waals surface area (Å²) in [5, 5.41) is 12.4. The largest absolute Gasteiger partial charge is 0.478 e.